The number of carbonyl (C=O) groups excluding carboxylic acids is 1. The van der Waals surface area contributed by atoms with Crippen molar-refractivity contribution in [3.05, 3.63) is 48.3 Å². The van der Waals surface area contributed by atoms with Gasteiger partial charge in [-0.1, -0.05) is 18.2 Å². The maximum absolute atomic E-state index is 11.9. The summed E-state index contributed by atoms with van der Waals surface area (Å²) in [6, 6.07) is 9.29. The highest BCUT2D eigenvalue weighted by Gasteiger charge is 2.26. The van der Waals surface area contributed by atoms with Gasteiger partial charge in [0.1, 0.15) is 0 Å². The molecule has 0 fully saturated rings. The maximum Gasteiger partial charge on any atom is 0.328 e. The van der Waals surface area contributed by atoms with E-state index in [-0.39, 0.29) is 5.69 Å². The Morgan fingerprint density at radius 3 is 2.48 bits per heavy atom. The van der Waals surface area contributed by atoms with Gasteiger partial charge >= 0.3 is 5.97 Å². The lowest BCUT2D eigenvalue weighted by atomic mass is 10.2. The number of aliphatic carboxylic acids is 1. The van der Waals surface area contributed by atoms with E-state index in [0.29, 0.717) is 0 Å². The second-order valence-electron chi connectivity index (χ2n) is 4.51. The van der Waals surface area contributed by atoms with Crippen molar-refractivity contribution in [1.29, 1.82) is 0 Å². The Labute approximate surface area is 120 Å². The van der Waals surface area contributed by atoms with Crippen LogP contribution in [0.2, 0.25) is 0 Å². The first-order valence-electron chi connectivity index (χ1n) is 6.32. The van der Waals surface area contributed by atoms with Crippen LogP contribution in [0.25, 0.3) is 5.69 Å². The highest BCUT2D eigenvalue weighted by Crippen LogP contribution is 2.07. The summed E-state index contributed by atoms with van der Waals surface area (Å²) >= 11 is 0. The van der Waals surface area contributed by atoms with Crippen LogP contribution >= 0.6 is 0 Å². The van der Waals surface area contributed by atoms with E-state index in [1.165, 1.54) is 17.7 Å². The summed E-state index contributed by atoms with van der Waals surface area (Å²) in [6.45, 7) is 1.29. The first-order valence-corrected chi connectivity index (χ1v) is 6.32. The predicted octanol–water partition coefficient (Wildman–Crippen LogP) is 0.436. The summed E-state index contributed by atoms with van der Waals surface area (Å²) in [5.74, 6) is -1.96. The van der Waals surface area contributed by atoms with Gasteiger partial charge in [-0.3, -0.25) is 4.79 Å². The lowest BCUT2D eigenvalue weighted by molar-refractivity contribution is -0.141. The monoisotopic (exact) mass is 289 g/mol. The number of hydrogen-bond acceptors (Lipinski definition) is 4. The van der Waals surface area contributed by atoms with Crippen LogP contribution in [0.5, 0.6) is 0 Å². The first kappa shape index (κ1) is 14.7. The van der Waals surface area contributed by atoms with E-state index in [1.54, 1.807) is 6.20 Å². The molecule has 7 nitrogen and oxygen atoms in total. The second-order valence-corrected chi connectivity index (χ2v) is 4.51. The third-order valence-corrected chi connectivity index (χ3v) is 2.88. The SMILES string of the molecule is C[C@@H](O)[C@H](NC(=O)c1ccn(-c2ccccc2)n1)C(=O)O. The third kappa shape index (κ3) is 3.46. The number of benzene rings is 1. The summed E-state index contributed by atoms with van der Waals surface area (Å²) in [7, 11) is 0. The molecule has 1 aromatic carbocycles. The third-order valence-electron chi connectivity index (χ3n) is 2.88. The lowest BCUT2D eigenvalue weighted by Crippen LogP contribution is -2.47. The quantitative estimate of drug-likeness (QED) is 0.740. The molecule has 0 saturated heterocycles. The van der Waals surface area contributed by atoms with Gasteiger partial charge in [-0.2, -0.15) is 5.10 Å². The van der Waals surface area contributed by atoms with E-state index in [4.69, 9.17) is 5.11 Å². The molecule has 0 unspecified atom stereocenters. The Bertz CT molecular complexity index is 637. The van der Waals surface area contributed by atoms with E-state index in [9.17, 15) is 14.7 Å². The molecule has 0 spiro atoms. The van der Waals surface area contributed by atoms with Gasteiger partial charge in [0.2, 0.25) is 0 Å². The number of nitrogens with zero attached hydrogens (tertiary/aromatic N) is 2. The summed E-state index contributed by atoms with van der Waals surface area (Å²) in [6.07, 6.45) is 0.394. The smallest absolute Gasteiger partial charge is 0.328 e. The van der Waals surface area contributed by atoms with E-state index < -0.39 is 24.0 Å². The fourth-order valence-electron chi connectivity index (χ4n) is 1.77. The molecule has 0 aliphatic rings. The van der Waals surface area contributed by atoms with Crippen LogP contribution < -0.4 is 5.32 Å². The molecule has 0 saturated carbocycles. The molecule has 2 atom stereocenters. The highest BCUT2D eigenvalue weighted by molar-refractivity contribution is 5.95. The topological polar surface area (TPSA) is 104 Å². The van der Waals surface area contributed by atoms with Crippen molar-refractivity contribution >= 4 is 11.9 Å². The molecular weight excluding hydrogens is 274 g/mol. The summed E-state index contributed by atoms with van der Waals surface area (Å²) < 4.78 is 1.51. The maximum atomic E-state index is 11.9. The number of aliphatic hydroxyl groups is 1. The Balaban J connectivity index is 2.14. The van der Waals surface area contributed by atoms with Gasteiger partial charge < -0.3 is 15.5 Å². The summed E-state index contributed by atoms with van der Waals surface area (Å²) in [5.41, 5.74) is 0.854. The number of carbonyl (C=O) groups is 2. The van der Waals surface area contributed by atoms with Crippen LogP contribution in [0.3, 0.4) is 0 Å². The van der Waals surface area contributed by atoms with E-state index in [2.05, 4.69) is 10.4 Å². The molecule has 1 aromatic heterocycles. The normalized spacial score (nSPS) is 13.4. The molecule has 7 heteroatoms. The van der Waals surface area contributed by atoms with Gasteiger partial charge in [-0.15, -0.1) is 0 Å². The van der Waals surface area contributed by atoms with Crippen LogP contribution in [0.1, 0.15) is 17.4 Å². The molecule has 110 valence electrons. The van der Waals surface area contributed by atoms with Crippen LogP contribution in [-0.4, -0.2) is 44.0 Å². The van der Waals surface area contributed by atoms with Gasteiger partial charge in [0, 0.05) is 6.20 Å². The van der Waals surface area contributed by atoms with Crippen LogP contribution in [0.15, 0.2) is 42.6 Å². The molecule has 1 heterocycles. The highest BCUT2D eigenvalue weighted by atomic mass is 16.4. The summed E-state index contributed by atoms with van der Waals surface area (Å²) in [4.78, 5) is 22.9. The zero-order valence-electron chi connectivity index (χ0n) is 11.3. The molecule has 2 rings (SSSR count). The molecule has 2 aromatic rings. The van der Waals surface area contributed by atoms with E-state index in [1.807, 2.05) is 30.3 Å². The van der Waals surface area contributed by atoms with Gasteiger partial charge in [0.25, 0.3) is 5.91 Å². The number of para-hydroxylation sites is 1. The van der Waals surface area contributed by atoms with Crippen LogP contribution in [0, 0.1) is 0 Å². The Kier molecular flexibility index (Phi) is 4.34. The fourth-order valence-corrected chi connectivity index (χ4v) is 1.77. The average Bonchev–Trinajstić information content (AvgIpc) is 2.94. The predicted molar refractivity (Wildman–Crippen MR) is 74.1 cm³/mol. The molecule has 0 bridgehead atoms. The zero-order valence-corrected chi connectivity index (χ0v) is 11.3. The van der Waals surface area contributed by atoms with Gasteiger partial charge in [0.05, 0.1) is 11.8 Å². The van der Waals surface area contributed by atoms with E-state index in [0.717, 1.165) is 5.69 Å². The molecule has 3 N–H and O–H groups in total. The minimum absolute atomic E-state index is 0.0748. The minimum Gasteiger partial charge on any atom is -0.480 e. The number of nitrogens with one attached hydrogen (secondary N) is 1. The molecule has 21 heavy (non-hydrogen) atoms. The van der Waals surface area contributed by atoms with Crippen LogP contribution in [-0.2, 0) is 4.79 Å². The van der Waals surface area contributed by atoms with Gasteiger partial charge in [-0.05, 0) is 25.1 Å². The number of carboxylic acids is 1. The van der Waals surface area contributed by atoms with Crippen molar-refractivity contribution in [1.82, 2.24) is 15.1 Å². The number of hydrogen-bond donors (Lipinski definition) is 3. The fraction of sp³-hybridized carbons (Fsp3) is 0.214. The number of amides is 1. The molecule has 1 amide bonds. The van der Waals surface area contributed by atoms with Gasteiger partial charge in [0.15, 0.2) is 11.7 Å². The molecule has 0 aliphatic carbocycles. The average molecular weight is 289 g/mol. The number of carboxylic acid groups (broad SMARTS) is 1. The van der Waals surface area contributed by atoms with Crippen molar-refractivity contribution in [2.75, 3.05) is 0 Å². The Morgan fingerprint density at radius 1 is 1.24 bits per heavy atom. The zero-order chi connectivity index (χ0) is 15.4. The first-order chi connectivity index (χ1) is 9.99. The van der Waals surface area contributed by atoms with E-state index >= 15 is 0 Å². The van der Waals surface area contributed by atoms with Crippen molar-refractivity contribution in [3.63, 3.8) is 0 Å². The number of rotatable bonds is 5. The standard InChI is InChI=1S/C14H15N3O4/c1-9(18)12(14(20)21)15-13(19)11-7-8-17(16-11)10-5-3-2-4-6-10/h2-9,12,18H,1H3,(H,15,19)(H,20,21)/t9-,12+/m1/s1. The van der Waals surface area contributed by atoms with Crippen molar-refractivity contribution in [2.24, 2.45) is 0 Å². The Morgan fingerprint density at radius 2 is 1.90 bits per heavy atom. The lowest BCUT2D eigenvalue weighted by Gasteiger charge is -2.16. The van der Waals surface area contributed by atoms with Crippen LogP contribution in [0.4, 0.5) is 0 Å². The second kappa shape index (κ2) is 6.19. The number of aromatic nitrogens is 2. The van der Waals surface area contributed by atoms with Gasteiger partial charge in [-0.25, -0.2) is 9.48 Å². The minimum atomic E-state index is -1.38. The van der Waals surface area contributed by atoms with Crippen molar-refractivity contribution in [2.45, 2.75) is 19.1 Å². The summed E-state index contributed by atoms with van der Waals surface area (Å²) in [5, 5.41) is 24.6. The molecule has 0 radical (unpaired) electrons. The van der Waals surface area contributed by atoms with Crippen molar-refractivity contribution in [3.8, 4) is 5.69 Å². The molecular formula is C14H15N3O4. The van der Waals surface area contributed by atoms with Crippen molar-refractivity contribution < 1.29 is 19.8 Å². The Hall–Kier alpha value is -2.67. The molecule has 0 aliphatic heterocycles. The largest absolute Gasteiger partial charge is 0.480 e. The number of aliphatic hydroxyl groups excluding tert-OH is 1.